The van der Waals surface area contributed by atoms with Crippen molar-refractivity contribution in [1.82, 2.24) is 9.97 Å². The predicted molar refractivity (Wildman–Crippen MR) is 106 cm³/mol. The van der Waals surface area contributed by atoms with Gasteiger partial charge in [0.05, 0.1) is 5.02 Å². The molecular formula is C20H16ClFN2OS. The zero-order valence-electron chi connectivity index (χ0n) is 14.0. The Hall–Kier alpha value is -2.37. The summed E-state index contributed by atoms with van der Waals surface area (Å²) >= 11 is 7.49. The molecule has 26 heavy (non-hydrogen) atoms. The van der Waals surface area contributed by atoms with E-state index >= 15 is 0 Å². The average Bonchev–Trinajstić information content (AvgIpc) is 2.60. The lowest BCUT2D eigenvalue weighted by atomic mass is 10.1. The second-order valence-electron chi connectivity index (χ2n) is 5.69. The van der Waals surface area contributed by atoms with Crippen LogP contribution in [0.4, 0.5) is 4.39 Å². The molecule has 0 aliphatic carbocycles. The molecule has 0 radical (unpaired) electrons. The van der Waals surface area contributed by atoms with Crippen LogP contribution < -0.4 is 5.56 Å². The van der Waals surface area contributed by atoms with Crippen molar-refractivity contribution in [2.75, 3.05) is 0 Å². The summed E-state index contributed by atoms with van der Waals surface area (Å²) in [6.45, 7) is 1.79. The van der Waals surface area contributed by atoms with Crippen molar-refractivity contribution < 1.29 is 4.39 Å². The van der Waals surface area contributed by atoms with E-state index in [1.807, 2.05) is 30.3 Å². The highest BCUT2D eigenvalue weighted by Gasteiger charge is 2.03. The topological polar surface area (TPSA) is 45.8 Å². The molecule has 2 aromatic carbocycles. The van der Waals surface area contributed by atoms with Gasteiger partial charge in [-0.25, -0.2) is 9.37 Å². The molecule has 1 N–H and O–H groups in total. The van der Waals surface area contributed by atoms with E-state index in [2.05, 4.69) is 9.97 Å². The number of benzene rings is 2. The molecule has 3 aromatic rings. The Kier molecular flexibility index (Phi) is 5.91. The number of thioether (sulfide) groups is 1. The molecule has 0 fully saturated rings. The Morgan fingerprint density at radius 1 is 1.19 bits per heavy atom. The highest BCUT2D eigenvalue weighted by molar-refractivity contribution is 7.98. The largest absolute Gasteiger partial charge is 0.301 e. The van der Waals surface area contributed by atoms with E-state index in [4.69, 9.17) is 11.6 Å². The number of rotatable bonds is 5. The normalized spacial score (nSPS) is 11.2. The van der Waals surface area contributed by atoms with Crippen LogP contribution in [0.5, 0.6) is 0 Å². The van der Waals surface area contributed by atoms with Crippen molar-refractivity contribution in [2.45, 2.75) is 17.8 Å². The van der Waals surface area contributed by atoms with E-state index in [1.165, 1.54) is 23.9 Å². The van der Waals surface area contributed by atoms with Gasteiger partial charge >= 0.3 is 0 Å². The SMILES string of the molecule is Cc1cc(=O)[nH]c(SCc2ccc(/C=C/c3c(F)cccc3Cl)cc2)n1. The van der Waals surface area contributed by atoms with Crippen LogP contribution >= 0.6 is 23.4 Å². The third-order valence-electron chi connectivity index (χ3n) is 3.65. The zero-order chi connectivity index (χ0) is 18.5. The number of aromatic amines is 1. The number of hydrogen-bond acceptors (Lipinski definition) is 3. The minimum Gasteiger partial charge on any atom is -0.301 e. The summed E-state index contributed by atoms with van der Waals surface area (Å²) in [6, 6.07) is 14.0. The number of halogens is 2. The van der Waals surface area contributed by atoms with Crippen LogP contribution in [0.25, 0.3) is 12.2 Å². The van der Waals surface area contributed by atoms with Gasteiger partial charge in [-0.3, -0.25) is 4.79 Å². The first-order chi connectivity index (χ1) is 12.5. The summed E-state index contributed by atoms with van der Waals surface area (Å²) < 4.78 is 13.8. The highest BCUT2D eigenvalue weighted by Crippen LogP contribution is 2.22. The predicted octanol–water partition coefficient (Wildman–Crippen LogP) is 5.33. The van der Waals surface area contributed by atoms with E-state index in [0.717, 1.165) is 11.1 Å². The smallest absolute Gasteiger partial charge is 0.251 e. The summed E-state index contributed by atoms with van der Waals surface area (Å²) in [5, 5.41) is 0.988. The van der Waals surface area contributed by atoms with Gasteiger partial charge in [-0.15, -0.1) is 0 Å². The first-order valence-corrected chi connectivity index (χ1v) is 9.29. The third-order valence-corrected chi connectivity index (χ3v) is 4.92. The van der Waals surface area contributed by atoms with Crippen molar-refractivity contribution in [3.05, 3.63) is 92.1 Å². The molecule has 3 rings (SSSR count). The summed E-state index contributed by atoms with van der Waals surface area (Å²) in [7, 11) is 0. The van der Waals surface area contributed by atoms with Gasteiger partial charge in [0.1, 0.15) is 5.82 Å². The van der Waals surface area contributed by atoms with Crippen LogP contribution in [-0.2, 0) is 5.75 Å². The summed E-state index contributed by atoms with van der Waals surface area (Å²) in [4.78, 5) is 18.5. The second kappa shape index (κ2) is 8.34. The number of nitrogens with one attached hydrogen (secondary N) is 1. The maximum Gasteiger partial charge on any atom is 0.251 e. The number of hydrogen-bond donors (Lipinski definition) is 1. The number of H-pyrrole nitrogens is 1. The lowest BCUT2D eigenvalue weighted by molar-refractivity contribution is 0.625. The zero-order valence-corrected chi connectivity index (χ0v) is 15.6. The van der Waals surface area contributed by atoms with Crippen molar-refractivity contribution in [3.63, 3.8) is 0 Å². The van der Waals surface area contributed by atoms with Crippen LogP contribution in [-0.4, -0.2) is 9.97 Å². The lowest BCUT2D eigenvalue weighted by Crippen LogP contribution is -2.08. The molecule has 0 unspecified atom stereocenters. The molecule has 0 spiro atoms. The highest BCUT2D eigenvalue weighted by atomic mass is 35.5. The van der Waals surface area contributed by atoms with Crippen LogP contribution in [0.2, 0.25) is 5.02 Å². The van der Waals surface area contributed by atoms with Gasteiger partial charge in [0.15, 0.2) is 5.16 Å². The van der Waals surface area contributed by atoms with Crippen molar-refractivity contribution in [1.29, 1.82) is 0 Å². The van der Waals surface area contributed by atoms with Crippen LogP contribution in [0.1, 0.15) is 22.4 Å². The van der Waals surface area contributed by atoms with Crippen molar-refractivity contribution in [3.8, 4) is 0 Å². The molecule has 0 atom stereocenters. The lowest BCUT2D eigenvalue weighted by Gasteiger charge is -2.03. The second-order valence-corrected chi connectivity index (χ2v) is 7.06. The van der Waals surface area contributed by atoms with Gasteiger partial charge in [0.25, 0.3) is 5.56 Å². The molecule has 132 valence electrons. The Balaban J connectivity index is 1.67. The summed E-state index contributed by atoms with van der Waals surface area (Å²) in [5.41, 5.74) is 2.97. The van der Waals surface area contributed by atoms with Gasteiger partial charge in [0, 0.05) is 23.1 Å². The minimum atomic E-state index is -0.346. The number of aromatic nitrogens is 2. The summed E-state index contributed by atoms with van der Waals surface area (Å²) in [6.07, 6.45) is 3.49. The van der Waals surface area contributed by atoms with Crippen molar-refractivity contribution >= 4 is 35.5 Å². The monoisotopic (exact) mass is 386 g/mol. The fourth-order valence-corrected chi connectivity index (χ4v) is 3.45. The maximum absolute atomic E-state index is 13.8. The van der Waals surface area contributed by atoms with E-state index < -0.39 is 0 Å². The maximum atomic E-state index is 13.8. The van der Waals surface area contributed by atoms with Crippen LogP contribution in [0.15, 0.2) is 58.5 Å². The molecule has 0 amide bonds. The Morgan fingerprint density at radius 3 is 2.65 bits per heavy atom. The quantitative estimate of drug-likeness (QED) is 0.366. The van der Waals surface area contributed by atoms with Crippen LogP contribution in [0.3, 0.4) is 0 Å². The minimum absolute atomic E-state index is 0.146. The molecule has 0 saturated heterocycles. The molecule has 1 aromatic heterocycles. The fraction of sp³-hybridized carbons (Fsp3) is 0.100. The average molecular weight is 387 g/mol. The van der Waals surface area contributed by atoms with Gasteiger partial charge < -0.3 is 4.98 Å². The van der Waals surface area contributed by atoms with E-state index in [0.29, 0.717) is 27.2 Å². The Bertz CT molecular complexity index is 979. The van der Waals surface area contributed by atoms with Crippen LogP contribution in [0, 0.1) is 12.7 Å². The Labute approximate surface area is 160 Å². The standard InChI is InChI=1S/C20H16ClFN2OS/c1-13-11-19(25)24-20(23-13)26-12-15-7-5-14(6-8-15)9-10-16-17(21)3-2-4-18(16)22/h2-11H,12H2,1H3,(H,23,24,25)/b10-9+. The molecule has 6 heteroatoms. The molecular weight excluding hydrogens is 371 g/mol. The van der Waals surface area contributed by atoms with E-state index in [1.54, 1.807) is 25.1 Å². The van der Waals surface area contributed by atoms with Gasteiger partial charge in [-0.2, -0.15) is 0 Å². The molecule has 1 heterocycles. The van der Waals surface area contributed by atoms with E-state index in [-0.39, 0.29) is 11.4 Å². The fourth-order valence-electron chi connectivity index (χ4n) is 2.35. The molecule has 0 aliphatic rings. The molecule has 3 nitrogen and oxygen atoms in total. The first-order valence-electron chi connectivity index (χ1n) is 7.93. The molecule has 0 aliphatic heterocycles. The van der Waals surface area contributed by atoms with Gasteiger partial charge in [0.2, 0.25) is 0 Å². The third kappa shape index (κ3) is 4.84. The van der Waals surface area contributed by atoms with Crippen molar-refractivity contribution in [2.24, 2.45) is 0 Å². The molecule has 0 bridgehead atoms. The first kappa shape index (κ1) is 18.4. The van der Waals surface area contributed by atoms with Gasteiger partial charge in [-0.05, 0) is 36.3 Å². The Morgan fingerprint density at radius 2 is 1.96 bits per heavy atom. The summed E-state index contributed by atoms with van der Waals surface area (Å²) in [5.74, 6) is 0.344. The van der Waals surface area contributed by atoms with E-state index in [9.17, 15) is 9.18 Å². The number of nitrogens with zero attached hydrogens (tertiary/aromatic N) is 1. The van der Waals surface area contributed by atoms with Gasteiger partial charge in [-0.1, -0.05) is 59.8 Å². The molecule has 0 saturated carbocycles. The number of aryl methyl sites for hydroxylation is 1.